The number of aromatic amines is 1. The number of thiazole rings is 1. The van der Waals surface area contributed by atoms with Crippen molar-refractivity contribution in [3.8, 4) is 0 Å². The summed E-state index contributed by atoms with van der Waals surface area (Å²) in [5.41, 5.74) is 1.50. The van der Waals surface area contributed by atoms with E-state index in [1.165, 1.54) is 4.31 Å². The summed E-state index contributed by atoms with van der Waals surface area (Å²) in [5.74, 6) is 1.47. The maximum absolute atomic E-state index is 12.6. The van der Waals surface area contributed by atoms with Gasteiger partial charge in [0.15, 0.2) is 0 Å². The number of hydrogen-bond donors (Lipinski definition) is 1. The fourth-order valence-electron chi connectivity index (χ4n) is 2.39. The Labute approximate surface area is 149 Å². The molecule has 0 aliphatic heterocycles. The van der Waals surface area contributed by atoms with E-state index >= 15 is 0 Å². The fourth-order valence-corrected chi connectivity index (χ4v) is 5.39. The third-order valence-electron chi connectivity index (χ3n) is 3.59. The quantitative estimate of drug-likeness (QED) is 0.634. The molecule has 2 heterocycles. The molecule has 0 radical (unpaired) electrons. The number of nitrogens with one attached hydrogen (secondary N) is 1. The predicted octanol–water partition coefficient (Wildman–Crippen LogP) is 3.34. The van der Waals surface area contributed by atoms with Crippen molar-refractivity contribution in [2.75, 3.05) is 13.1 Å². The van der Waals surface area contributed by atoms with Gasteiger partial charge in [0.25, 0.3) is 0 Å². The van der Waals surface area contributed by atoms with Crippen LogP contribution in [0.5, 0.6) is 0 Å². The third kappa shape index (κ3) is 3.49. The summed E-state index contributed by atoms with van der Waals surface area (Å²) in [7, 11) is -3.46. The Morgan fingerprint density at radius 3 is 2.75 bits per heavy atom. The number of nitrogens with zero attached hydrogens (tertiary/aromatic N) is 3. The second-order valence-corrected chi connectivity index (χ2v) is 9.09. The van der Waals surface area contributed by atoms with Gasteiger partial charge in [-0.3, -0.25) is 0 Å². The van der Waals surface area contributed by atoms with Gasteiger partial charge in [-0.25, -0.2) is 18.4 Å². The van der Waals surface area contributed by atoms with Crippen LogP contribution in [0.1, 0.15) is 19.7 Å². The average Bonchev–Trinajstić information content (AvgIpc) is 3.22. The first kappa shape index (κ1) is 17.4. The lowest BCUT2D eigenvalue weighted by atomic mass is 10.3. The Balaban J connectivity index is 1.86. The monoisotopic (exact) mass is 382 g/mol. The Morgan fingerprint density at radius 2 is 2.08 bits per heavy atom. The van der Waals surface area contributed by atoms with E-state index in [1.807, 2.05) is 19.2 Å². The van der Waals surface area contributed by atoms with Gasteiger partial charge in [-0.1, -0.05) is 25.6 Å². The molecule has 3 rings (SSSR count). The lowest BCUT2D eigenvalue weighted by molar-refractivity contribution is 0.445. The van der Waals surface area contributed by atoms with Crippen LogP contribution in [0.2, 0.25) is 0 Å². The summed E-state index contributed by atoms with van der Waals surface area (Å²) < 4.78 is 27.6. The van der Waals surface area contributed by atoms with Crippen LogP contribution >= 0.6 is 23.1 Å². The molecule has 1 N–H and O–H groups in total. The molecule has 1 aromatic carbocycles. The number of H-pyrrole nitrogens is 1. The Bertz CT molecular complexity index is 916. The van der Waals surface area contributed by atoms with E-state index in [9.17, 15) is 8.42 Å². The van der Waals surface area contributed by atoms with Crippen molar-refractivity contribution in [2.45, 2.75) is 28.8 Å². The van der Waals surface area contributed by atoms with E-state index in [4.69, 9.17) is 0 Å². The van der Waals surface area contributed by atoms with E-state index in [0.29, 0.717) is 23.7 Å². The van der Waals surface area contributed by atoms with E-state index in [2.05, 4.69) is 15.0 Å². The first-order chi connectivity index (χ1) is 11.5. The van der Waals surface area contributed by atoms with Crippen molar-refractivity contribution in [1.29, 1.82) is 0 Å². The highest BCUT2D eigenvalue weighted by atomic mass is 32.2. The van der Waals surface area contributed by atoms with Crippen LogP contribution in [0.3, 0.4) is 0 Å². The standard InChI is InChI=1S/C15H18N4O2S3/c1-3-19(4-2)24(20,21)11-5-6-12-13(9-11)18-14(17-12)10-23-15-16-7-8-22-15/h5-9H,3-4,10H2,1-2H3,(H,17,18). The van der Waals surface area contributed by atoms with Crippen LogP contribution in [0.25, 0.3) is 11.0 Å². The van der Waals surface area contributed by atoms with Crippen LogP contribution in [0.15, 0.2) is 39.0 Å². The molecule has 0 atom stereocenters. The van der Waals surface area contributed by atoms with Crippen molar-refractivity contribution in [1.82, 2.24) is 19.3 Å². The number of benzene rings is 1. The number of rotatable bonds is 7. The molecule has 0 aliphatic carbocycles. The van der Waals surface area contributed by atoms with Crippen molar-refractivity contribution in [3.05, 3.63) is 35.6 Å². The highest BCUT2D eigenvalue weighted by Gasteiger charge is 2.22. The van der Waals surface area contributed by atoms with Gasteiger partial charge in [-0.05, 0) is 18.2 Å². The molecule has 0 amide bonds. The lowest BCUT2D eigenvalue weighted by Gasteiger charge is -2.18. The van der Waals surface area contributed by atoms with Crippen molar-refractivity contribution in [3.63, 3.8) is 0 Å². The third-order valence-corrected chi connectivity index (χ3v) is 7.61. The van der Waals surface area contributed by atoms with E-state index in [-0.39, 0.29) is 0 Å². The minimum absolute atomic E-state index is 0.293. The van der Waals surface area contributed by atoms with Crippen LogP contribution in [-0.4, -0.2) is 40.8 Å². The normalized spacial score (nSPS) is 12.3. The van der Waals surface area contributed by atoms with Gasteiger partial charge in [-0.2, -0.15) is 4.31 Å². The first-order valence-electron chi connectivity index (χ1n) is 7.55. The molecule has 0 saturated carbocycles. The van der Waals surface area contributed by atoms with Crippen molar-refractivity contribution >= 4 is 44.2 Å². The minimum atomic E-state index is -3.46. The van der Waals surface area contributed by atoms with Gasteiger partial charge in [-0.15, -0.1) is 11.3 Å². The minimum Gasteiger partial charge on any atom is -0.341 e. The number of thioether (sulfide) groups is 1. The Kier molecular flexibility index (Phi) is 5.24. The molecule has 128 valence electrons. The summed E-state index contributed by atoms with van der Waals surface area (Å²) in [6.07, 6.45) is 1.77. The van der Waals surface area contributed by atoms with Crippen LogP contribution in [0.4, 0.5) is 0 Å². The zero-order chi connectivity index (χ0) is 17.2. The lowest BCUT2D eigenvalue weighted by Crippen LogP contribution is -2.30. The van der Waals surface area contributed by atoms with Gasteiger partial charge in [0.1, 0.15) is 10.2 Å². The molecule has 9 heteroatoms. The maximum Gasteiger partial charge on any atom is 0.243 e. The molecule has 3 aromatic rings. The highest BCUT2D eigenvalue weighted by Crippen LogP contribution is 2.25. The van der Waals surface area contributed by atoms with Gasteiger partial charge < -0.3 is 4.98 Å². The molecule has 2 aromatic heterocycles. The molecule has 0 saturated heterocycles. The Hall–Kier alpha value is -1.42. The molecule has 0 fully saturated rings. The van der Waals surface area contributed by atoms with E-state index in [1.54, 1.807) is 47.5 Å². The summed E-state index contributed by atoms with van der Waals surface area (Å²) >= 11 is 3.19. The second-order valence-electron chi connectivity index (χ2n) is 5.04. The maximum atomic E-state index is 12.6. The van der Waals surface area contributed by atoms with Crippen LogP contribution < -0.4 is 0 Å². The topological polar surface area (TPSA) is 79.0 Å². The molecule has 0 unspecified atom stereocenters. The van der Waals surface area contributed by atoms with Crippen molar-refractivity contribution < 1.29 is 8.42 Å². The number of imidazole rings is 1. The summed E-state index contributed by atoms with van der Waals surface area (Å²) in [4.78, 5) is 12.2. The number of fused-ring (bicyclic) bond motifs is 1. The summed E-state index contributed by atoms with van der Waals surface area (Å²) in [6, 6.07) is 5.03. The highest BCUT2D eigenvalue weighted by molar-refractivity contribution is 8.00. The van der Waals surface area contributed by atoms with E-state index in [0.717, 1.165) is 21.2 Å². The molecule has 0 aliphatic rings. The number of hydrogen-bond acceptors (Lipinski definition) is 6. The average molecular weight is 383 g/mol. The van der Waals surface area contributed by atoms with Gasteiger partial charge >= 0.3 is 0 Å². The summed E-state index contributed by atoms with van der Waals surface area (Å²) in [5, 5.41) is 1.94. The van der Waals surface area contributed by atoms with E-state index < -0.39 is 10.0 Å². The Morgan fingerprint density at radius 1 is 1.29 bits per heavy atom. The molecule has 0 spiro atoms. The molecular formula is C15H18N4O2S3. The van der Waals surface area contributed by atoms with Gasteiger partial charge in [0.05, 0.1) is 21.7 Å². The van der Waals surface area contributed by atoms with Gasteiger partial charge in [0, 0.05) is 24.7 Å². The molecule has 0 bridgehead atoms. The summed E-state index contributed by atoms with van der Waals surface area (Å²) in [6.45, 7) is 4.58. The fraction of sp³-hybridized carbons (Fsp3) is 0.333. The zero-order valence-electron chi connectivity index (χ0n) is 13.4. The number of aromatic nitrogens is 3. The predicted molar refractivity (Wildman–Crippen MR) is 97.9 cm³/mol. The van der Waals surface area contributed by atoms with Gasteiger partial charge in [0.2, 0.25) is 10.0 Å². The molecular weight excluding hydrogens is 364 g/mol. The molecule has 6 nitrogen and oxygen atoms in total. The smallest absolute Gasteiger partial charge is 0.243 e. The number of sulfonamides is 1. The SMILES string of the molecule is CCN(CC)S(=O)(=O)c1ccc2nc(CSc3nccs3)[nH]c2c1. The zero-order valence-corrected chi connectivity index (χ0v) is 15.8. The second kappa shape index (κ2) is 7.22. The van der Waals surface area contributed by atoms with Crippen LogP contribution in [-0.2, 0) is 15.8 Å². The largest absolute Gasteiger partial charge is 0.341 e. The molecule has 24 heavy (non-hydrogen) atoms. The van der Waals surface area contributed by atoms with Crippen molar-refractivity contribution in [2.24, 2.45) is 0 Å². The van der Waals surface area contributed by atoms with Crippen LogP contribution in [0, 0.1) is 0 Å². The first-order valence-corrected chi connectivity index (χ1v) is 10.9.